The number of imidazole rings is 1. The molecule has 7 heteroatoms. The van der Waals surface area contributed by atoms with E-state index in [0.29, 0.717) is 22.9 Å². The van der Waals surface area contributed by atoms with E-state index in [1.165, 1.54) is 13.3 Å². The Balaban J connectivity index is 1.83. The summed E-state index contributed by atoms with van der Waals surface area (Å²) in [5.74, 6) is 0.249. The molecule has 25 heavy (non-hydrogen) atoms. The highest BCUT2D eigenvalue weighted by atomic mass is 16.5. The van der Waals surface area contributed by atoms with Crippen LogP contribution in [0.4, 0.5) is 0 Å². The number of fused-ring (bicyclic) bond motifs is 1. The number of nitrogens with one attached hydrogen (secondary N) is 1. The number of benzene rings is 1. The average molecular weight is 343 g/mol. The number of methoxy groups -OCH3 is 1. The van der Waals surface area contributed by atoms with Crippen LogP contribution >= 0.6 is 0 Å². The molecule has 1 amide bonds. The van der Waals surface area contributed by atoms with E-state index >= 15 is 0 Å². The van der Waals surface area contributed by atoms with E-state index in [0.717, 1.165) is 25.2 Å². The van der Waals surface area contributed by atoms with Gasteiger partial charge < -0.3 is 19.7 Å². The van der Waals surface area contributed by atoms with Crippen molar-refractivity contribution in [3.63, 3.8) is 0 Å². The van der Waals surface area contributed by atoms with Crippen LogP contribution in [0.3, 0.4) is 0 Å². The van der Waals surface area contributed by atoms with Crippen molar-refractivity contribution in [2.45, 2.75) is 38.3 Å². The number of ether oxygens (including phenoxy) is 1. The van der Waals surface area contributed by atoms with Gasteiger partial charge in [-0.2, -0.15) is 0 Å². The Bertz CT molecular complexity index is 782. The van der Waals surface area contributed by atoms with E-state index in [9.17, 15) is 14.7 Å². The van der Waals surface area contributed by atoms with Crippen LogP contribution in [0.2, 0.25) is 0 Å². The van der Waals surface area contributed by atoms with E-state index in [1.807, 2.05) is 4.57 Å². The molecule has 0 aliphatic carbocycles. The molecule has 0 saturated heterocycles. The zero-order valence-electron chi connectivity index (χ0n) is 14.2. The SMILES string of the molecule is COc1ccc(C(NC(=O)c2cnc3n2CCCC3C)C(=O)O)cc1. The number of hydrogen-bond donors (Lipinski definition) is 2. The lowest BCUT2D eigenvalue weighted by molar-refractivity contribution is -0.139. The molecular formula is C18H21N3O4. The molecule has 3 rings (SSSR count). The fraction of sp³-hybridized carbons (Fsp3) is 0.389. The second-order valence-electron chi connectivity index (χ2n) is 6.21. The molecule has 1 aromatic heterocycles. The maximum absolute atomic E-state index is 12.6. The lowest BCUT2D eigenvalue weighted by atomic mass is 10.0. The van der Waals surface area contributed by atoms with Crippen molar-refractivity contribution in [1.82, 2.24) is 14.9 Å². The molecule has 0 radical (unpaired) electrons. The maximum atomic E-state index is 12.6. The third-order valence-electron chi connectivity index (χ3n) is 4.55. The van der Waals surface area contributed by atoms with Gasteiger partial charge in [-0.3, -0.25) is 4.79 Å². The number of carboxylic acids is 1. The quantitative estimate of drug-likeness (QED) is 0.869. The van der Waals surface area contributed by atoms with Gasteiger partial charge in [-0.05, 0) is 30.5 Å². The third kappa shape index (κ3) is 3.35. The molecule has 1 aliphatic rings. The smallest absolute Gasteiger partial charge is 0.330 e. The monoisotopic (exact) mass is 343 g/mol. The molecule has 1 aliphatic heterocycles. The first kappa shape index (κ1) is 17.0. The predicted octanol–water partition coefficient (Wildman–Crippen LogP) is 2.34. The number of nitrogens with zero attached hydrogens (tertiary/aromatic N) is 2. The van der Waals surface area contributed by atoms with Gasteiger partial charge in [0.15, 0.2) is 6.04 Å². The highest BCUT2D eigenvalue weighted by Gasteiger charge is 2.27. The lowest BCUT2D eigenvalue weighted by Gasteiger charge is -2.22. The van der Waals surface area contributed by atoms with Crippen molar-refractivity contribution < 1.29 is 19.4 Å². The van der Waals surface area contributed by atoms with Crippen LogP contribution in [0, 0.1) is 0 Å². The summed E-state index contributed by atoms with van der Waals surface area (Å²) in [6.07, 6.45) is 3.55. The van der Waals surface area contributed by atoms with Crippen LogP contribution < -0.4 is 10.1 Å². The van der Waals surface area contributed by atoms with Gasteiger partial charge in [0.05, 0.1) is 13.3 Å². The molecule has 0 spiro atoms. The van der Waals surface area contributed by atoms with E-state index in [1.54, 1.807) is 24.3 Å². The molecule has 132 valence electrons. The highest BCUT2D eigenvalue weighted by Crippen LogP contribution is 2.27. The number of amides is 1. The minimum atomic E-state index is -1.13. The molecule has 2 unspecified atom stereocenters. The predicted molar refractivity (Wildman–Crippen MR) is 90.7 cm³/mol. The molecule has 7 nitrogen and oxygen atoms in total. The van der Waals surface area contributed by atoms with E-state index in [-0.39, 0.29) is 0 Å². The number of rotatable bonds is 5. The largest absolute Gasteiger partial charge is 0.497 e. The summed E-state index contributed by atoms with van der Waals surface area (Å²) in [5, 5.41) is 12.1. The Morgan fingerprint density at radius 1 is 1.36 bits per heavy atom. The van der Waals surface area contributed by atoms with Gasteiger partial charge in [-0.1, -0.05) is 19.1 Å². The summed E-state index contributed by atoms with van der Waals surface area (Å²) in [4.78, 5) is 28.6. The number of aromatic nitrogens is 2. The zero-order valence-corrected chi connectivity index (χ0v) is 14.2. The Labute approximate surface area is 145 Å². The van der Waals surface area contributed by atoms with Crippen molar-refractivity contribution in [3.05, 3.63) is 47.5 Å². The highest BCUT2D eigenvalue weighted by molar-refractivity contribution is 5.95. The molecular weight excluding hydrogens is 322 g/mol. The van der Waals surface area contributed by atoms with Crippen LogP contribution in [-0.4, -0.2) is 33.6 Å². The van der Waals surface area contributed by atoms with Gasteiger partial charge >= 0.3 is 5.97 Å². The van der Waals surface area contributed by atoms with Gasteiger partial charge in [-0.25, -0.2) is 9.78 Å². The second kappa shape index (κ2) is 6.96. The summed E-state index contributed by atoms with van der Waals surface area (Å²) in [6.45, 7) is 2.81. The topological polar surface area (TPSA) is 93.5 Å². The minimum absolute atomic E-state index is 0.298. The van der Waals surface area contributed by atoms with E-state index in [4.69, 9.17) is 4.74 Å². The van der Waals surface area contributed by atoms with Crippen molar-refractivity contribution in [2.75, 3.05) is 7.11 Å². The number of carboxylic acid groups (broad SMARTS) is 1. The standard InChI is InChI=1S/C18H21N3O4/c1-11-4-3-9-21-14(10-19-16(11)21)17(22)20-15(18(23)24)12-5-7-13(25-2)8-6-12/h5-8,10-11,15H,3-4,9H2,1-2H3,(H,20,22)(H,23,24). The molecule has 0 bridgehead atoms. The lowest BCUT2D eigenvalue weighted by Crippen LogP contribution is -2.35. The van der Waals surface area contributed by atoms with Crippen molar-refractivity contribution in [2.24, 2.45) is 0 Å². The Hall–Kier alpha value is -2.83. The van der Waals surface area contributed by atoms with E-state index < -0.39 is 17.9 Å². The van der Waals surface area contributed by atoms with Gasteiger partial charge in [0.1, 0.15) is 17.3 Å². The fourth-order valence-corrected chi connectivity index (χ4v) is 3.17. The van der Waals surface area contributed by atoms with E-state index in [2.05, 4.69) is 17.2 Å². The van der Waals surface area contributed by atoms with Crippen LogP contribution in [0.15, 0.2) is 30.5 Å². The van der Waals surface area contributed by atoms with Crippen LogP contribution in [0.5, 0.6) is 5.75 Å². The molecule has 1 aromatic carbocycles. The third-order valence-corrected chi connectivity index (χ3v) is 4.55. The van der Waals surface area contributed by atoms with Gasteiger partial charge in [-0.15, -0.1) is 0 Å². The van der Waals surface area contributed by atoms with Crippen molar-refractivity contribution >= 4 is 11.9 Å². The number of aliphatic carboxylic acids is 1. The summed E-state index contributed by atoms with van der Waals surface area (Å²) >= 11 is 0. The second-order valence-corrected chi connectivity index (χ2v) is 6.21. The summed E-state index contributed by atoms with van der Waals surface area (Å²) in [7, 11) is 1.54. The molecule has 2 aromatic rings. The maximum Gasteiger partial charge on any atom is 0.330 e. The van der Waals surface area contributed by atoms with Crippen molar-refractivity contribution in [3.8, 4) is 5.75 Å². The number of hydrogen-bond acceptors (Lipinski definition) is 4. The number of carbonyl (C=O) groups excluding carboxylic acids is 1. The summed E-state index contributed by atoms with van der Waals surface area (Å²) < 4.78 is 6.96. The van der Waals surface area contributed by atoms with Gasteiger partial charge in [0.2, 0.25) is 0 Å². The molecule has 2 N–H and O–H groups in total. The van der Waals surface area contributed by atoms with Gasteiger partial charge in [0, 0.05) is 12.5 Å². The number of carbonyl (C=O) groups is 2. The first-order chi connectivity index (χ1) is 12.0. The fourth-order valence-electron chi connectivity index (χ4n) is 3.17. The summed E-state index contributed by atoms with van der Waals surface area (Å²) in [5.41, 5.74) is 0.884. The molecule has 2 heterocycles. The van der Waals surface area contributed by atoms with Crippen LogP contribution in [0.1, 0.15) is 53.6 Å². The Kier molecular flexibility index (Phi) is 4.74. The summed E-state index contributed by atoms with van der Waals surface area (Å²) in [6, 6.07) is 5.46. The van der Waals surface area contributed by atoms with Crippen molar-refractivity contribution in [1.29, 1.82) is 0 Å². The van der Waals surface area contributed by atoms with Crippen LogP contribution in [-0.2, 0) is 11.3 Å². The van der Waals surface area contributed by atoms with Crippen LogP contribution in [0.25, 0.3) is 0 Å². The normalized spacial score (nSPS) is 17.4. The molecule has 0 fully saturated rings. The Morgan fingerprint density at radius 3 is 2.72 bits per heavy atom. The zero-order chi connectivity index (χ0) is 18.0. The minimum Gasteiger partial charge on any atom is -0.497 e. The van der Waals surface area contributed by atoms with Gasteiger partial charge in [0.25, 0.3) is 5.91 Å². The average Bonchev–Trinajstić information content (AvgIpc) is 3.05. The first-order valence-electron chi connectivity index (χ1n) is 8.24. The first-order valence-corrected chi connectivity index (χ1v) is 8.24. The molecule has 2 atom stereocenters. The molecule has 0 saturated carbocycles. The Morgan fingerprint density at radius 2 is 2.08 bits per heavy atom.